The summed E-state index contributed by atoms with van der Waals surface area (Å²) in [6.45, 7) is 12.3. The normalized spacial score (nSPS) is 11.7. The first-order chi connectivity index (χ1) is 13.1. The molecule has 0 atom stereocenters. The van der Waals surface area contributed by atoms with E-state index in [9.17, 15) is 4.79 Å². The number of benzene rings is 2. The molecule has 1 amide bonds. The molecule has 1 heterocycles. The van der Waals surface area contributed by atoms with E-state index in [4.69, 9.17) is 0 Å². The Morgan fingerprint density at radius 3 is 2.21 bits per heavy atom. The van der Waals surface area contributed by atoms with Crippen molar-refractivity contribution < 1.29 is 4.79 Å². The smallest absolute Gasteiger partial charge is 0.251 e. The summed E-state index contributed by atoms with van der Waals surface area (Å²) in [5.74, 6) is -0.0710. The monoisotopic (exact) mass is 375 g/mol. The van der Waals surface area contributed by atoms with E-state index in [-0.39, 0.29) is 17.5 Å². The zero-order valence-electron chi connectivity index (χ0n) is 17.6. The van der Waals surface area contributed by atoms with Gasteiger partial charge >= 0.3 is 0 Å². The fraction of sp³-hybridized carbons (Fsp3) is 0.333. The second kappa shape index (κ2) is 7.63. The first kappa shape index (κ1) is 19.9. The van der Waals surface area contributed by atoms with Gasteiger partial charge in [0.15, 0.2) is 0 Å². The van der Waals surface area contributed by atoms with Crippen molar-refractivity contribution in [2.24, 2.45) is 0 Å². The quantitative estimate of drug-likeness (QED) is 0.642. The minimum Gasteiger partial charge on any atom is -0.347 e. The highest BCUT2D eigenvalue weighted by molar-refractivity contribution is 5.97. The molecule has 146 valence electrons. The molecule has 0 saturated heterocycles. The van der Waals surface area contributed by atoms with Crippen LogP contribution in [-0.4, -0.2) is 21.2 Å². The summed E-state index contributed by atoms with van der Waals surface area (Å²) in [5.41, 5.74) is 5.68. The molecule has 4 heteroatoms. The van der Waals surface area contributed by atoms with E-state index in [2.05, 4.69) is 61.5 Å². The highest BCUT2D eigenvalue weighted by atomic mass is 16.1. The highest BCUT2D eigenvalue weighted by Gasteiger charge is 2.18. The lowest BCUT2D eigenvalue weighted by Gasteiger charge is -2.21. The second-order valence-electron chi connectivity index (χ2n) is 8.62. The van der Waals surface area contributed by atoms with E-state index in [0.717, 1.165) is 22.4 Å². The molecule has 1 aromatic heterocycles. The average molecular weight is 376 g/mol. The number of rotatable bonds is 4. The summed E-state index contributed by atoms with van der Waals surface area (Å²) in [6.07, 6.45) is 1.81. The number of aromatic nitrogens is 2. The Bertz CT molecular complexity index is 976. The predicted molar refractivity (Wildman–Crippen MR) is 115 cm³/mol. The maximum absolute atomic E-state index is 12.9. The van der Waals surface area contributed by atoms with Crippen molar-refractivity contribution in [3.05, 3.63) is 65.9 Å². The SMILES string of the molecule is Cc1ccc(-c2cc(C(=O)NC(C)(C)C)cc(-c3ccnn3C(C)C)c2)cc1. The molecular formula is C24H29N3O. The fourth-order valence-electron chi connectivity index (χ4n) is 3.19. The number of nitrogens with one attached hydrogen (secondary N) is 1. The Morgan fingerprint density at radius 2 is 1.61 bits per heavy atom. The molecule has 1 N–H and O–H groups in total. The van der Waals surface area contributed by atoms with Crippen molar-refractivity contribution >= 4 is 5.91 Å². The molecule has 0 aliphatic carbocycles. The fourth-order valence-corrected chi connectivity index (χ4v) is 3.19. The molecule has 0 fully saturated rings. The Labute approximate surface area is 167 Å². The molecule has 4 nitrogen and oxygen atoms in total. The standard InChI is InChI=1S/C24H29N3O/c1-16(2)27-22(11-12-25-27)20-13-19(18-9-7-17(3)8-10-18)14-21(15-20)23(28)26-24(4,5)6/h7-16H,1-6H3,(H,26,28). The molecule has 28 heavy (non-hydrogen) atoms. The largest absolute Gasteiger partial charge is 0.347 e. The van der Waals surface area contributed by atoms with E-state index in [0.29, 0.717) is 5.56 Å². The van der Waals surface area contributed by atoms with Gasteiger partial charge in [0.05, 0.1) is 5.69 Å². The van der Waals surface area contributed by atoms with Gasteiger partial charge in [-0.05, 0) is 76.9 Å². The van der Waals surface area contributed by atoms with Gasteiger partial charge in [-0.3, -0.25) is 9.48 Å². The third-order valence-electron chi connectivity index (χ3n) is 4.52. The lowest BCUT2D eigenvalue weighted by Crippen LogP contribution is -2.40. The van der Waals surface area contributed by atoms with Crippen molar-refractivity contribution in [2.75, 3.05) is 0 Å². The van der Waals surface area contributed by atoms with Crippen LogP contribution in [0.4, 0.5) is 0 Å². The minimum atomic E-state index is -0.295. The Balaban J connectivity index is 2.15. The van der Waals surface area contributed by atoms with E-state index < -0.39 is 0 Å². The van der Waals surface area contributed by atoms with Crippen molar-refractivity contribution in [3.8, 4) is 22.4 Å². The molecule has 0 aliphatic heterocycles. The van der Waals surface area contributed by atoms with Crippen molar-refractivity contribution in [3.63, 3.8) is 0 Å². The van der Waals surface area contributed by atoms with Gasteiger partial charge in [-0.25, -0.2) is 0 Å². The lowest BCUT2D eigenvalue weighted by molar-refractivity contribution is 0.0919. The average Bonchev–Trinajstić information content (AvgIpc) is 3.10. The van der Waals surface area contributed by atoms with Crippen LogP contribution in [0.5, 0.6) is 0 Å². The third kappa shape index (κ3) is 4.50. The number of nitrogens with zero attached hydrogens (tertiary/aromatic N) is 2. The van der Waals surface area contributed by atoms with Gasteiger partial charge in [0.25, 0.3) is 5.91 Å². The van der Waals surface area contributed by atoms with Gasteiger partial charge in [-0.1, -0.05) is 29.8 Å². The number of carbonyl (C=O) groups is 1. The van der Waals surface area contributed by atoms with Crippen molar-refractivity contribution in [1.29, 1.82) is 0 Å². The first-order valence-corrected chi connectivity index (χ1v) is 9.72. The number of carbonyl (C=O) groups excluding carboxylic acids is 1. The van der Waals surface area contributed by atoms with Gasteiger partial charge in [-0.15, -0.1) is 0 Å². The Morgan fingerprint density at radius 1 is 0.964 bits per heavy atom. The lowest BCUT2D eigenvalue weighted by atomic mass is 9.96. The molecule has 0 unspecified atom stereocenters. The number of aryl methyl sites for hydroxylation is 1. The van der Waals surface area contributed by atoms with Gasteiger partial charge < -0.3 is 5.32 Å². The topological polar surface area (TPSA) is 46.9 Å². The Hall–Kier alpha value is -2.88. The molecular weight excluding hydrogens is 346 g/mol. The summed E-state index contributed by atoms with van der Waals surface area (Å²) in [4.78, 5) is 12.9. The van der Waals surface area contributed by atoms with Crippen LogP contribution in [-0.2, 0) is 0 Å². The summed E-state index contributed by atoms with van der Waals surface area (Å²) in [5, 5.41) is 7.53. The van der Waals surface area contributed by atoms with Crippen LogP contribution in [0, 0.1) is 6.92 Å². The van der Waals surface area contributed by atoms with Gasteiger partial charge in [0, 0.05) is 28.9 Å². The Kier molecular flexibility index (Phi) is 5.41. The zero-order valence-corrected chi connectivity index (χ0v) is 17.6. The van der Waals surface area contributed by atoms with Crippen LogP contribution < -0.4 is 5.32 Å². The summed E-state index contributed by atoms with van der Waals surface area (Å²) >= 11 is 0. The van der Waals surface area contributed by atoms with E-state index >= 15 is 0 Å². The summed E-state index contributed by atoms with van der Waals surface area (Å²) in [7, 11) is 0. The maximum atomic E-state index is 12.9. The molecule has 3 aromatic rings. The first-order valence-electron chi connectivity index (χ1n) is 9.72. The van der Waals surface area contributed by atoms with Crippen LogP contribution in [0.3, 0.4) is 0 Å². The zero-order chi connectivity index (χ0) is 20.5. The van der Waals surface area contributed by atoms with Crippen molar-refractivity contribution in [2.45, 2.75) is 53.1 Å². The van der Waals surface area contributed by atoms with Crippen LogP contribution in [0.1, 0.15) is 56.6 Å². The van der Waals surface area contributed by atoms with Gasteiger partial charge in [-0.2, -0.15) is 5.10 Å². The predicted octanol–water partition coefficient (Wildman–Crippen LogP) is 5.63. The van der Waals surface area contributed by atoms with Crippen LogP contribution in [0.2, 0.25) is 0 Å². The molecule has 0 aliphatic rings. The third-order valence-corrected chi connectivity index (χ3v) is 4.52. The second-order valence-corrected chi connectivity index (χ2v) is 8.62. The highest BCUT2D eigenvalue weighted by Crippen LogP contribution is 2.30. The van der Waals surface area contributed by atoms with Gasteiger partial charge in [0.1, 0.15) is 0 Å². The summed E-state index contributed by atoms with van der Waals surface area (Å²) < 4.78 is 1.99. The molecule has 3 rings (SSSR count). The summed E-state index contributed by atoms with van der Waals surface area (Å²) in [6, 6.07) is 16.7. The van der Waals surface area contributed by atoms with E-state index in [1.165, 1.54) is 5.56 Å². The van der Waals surface area contributed by atoms with E-state index in [1.54, 1.807) is 0 Å². The minimum absolute atomic E-state index is 0.0710. The maximum Gasteiger partial charge on any atom is 0.251 e. The van der Waals surface area contributed by atoms with Gasteiger partial charge in [0.2, 0.25) is 0 Å². The van der Waals surface area contributed by atoms with Crippen LogP contribution in [0.15, 0.2) is 54.7 Å². The molecule has 0 spiro atoms. The van der Waals surface area contributed by atoms with Crippen LogP contribution in [0.25, 0.3) is 22.4 Å². The van der Waals surface area contributed by atoms with E-state index in [1.807, 2.05) is 49.8 Å². The molecule has 0 radical (unpaired) electrons. The van der Waals surface area contributed by atoms with Crippen LogP contribution >= 0.6 is 0 Å². The molecule has 0 bridgehead atoms. The number of amides is 1. The van der Waals surface area contributed by atoms with Crippen molar-refractivity contribution in [1.82, 2.24) is 15.1 Å². The molecule has 2 aromatic carbocycles. The number of hydrogen-bond acceptors (Lipinski definition) is 2. The molecule has 0 saturated carbocycles. The number of hydrogen-bond donors (Lipinski definition) is 1.